The molecule has 0 aliphatic heterocycles. The minimum absolute atomic E-state index is 0.0575. The highest BCUT2D eigenvalue weighted by Gasteiger charge is 2.58. The van der Waals surface area contributed by atoms with Gasteiger partial charge in [0.05, 0.1) is 5.02 Å². The third-order valence-electron chi connectivity index (χ3n) is 3.47. The minimum atomic E-state index is -0.423. The summed E-state index contributed by atoms with van der Waals surface area (Å²) in [6.45, 7) is 4.76. The van der Waals surface area contributed by atoms with E-state index in [1.54, 1.807) is 6.07 Å². The van der Waals surface area contributed by atoms with E-state index in [1.807, 2.05) is 0 Å². The molecule has 0 spiro atoms. The average molecular weight is 229 g/mol. The number of pyridine rings is 1. The van der Waals surface area contributed by atoms with Gasteiger partial charge in [0.25, 0.3) is 0 Å². The summed E-state index contributed by atoms with van der Waals surface area (Å²) in [4.78, 5) is 3.63. The molecule has 2 rings (SSSR count). The van der Waals surface area contributed by atoms with E-state index in [0.717, 1.165) is 0 Å². The summed E-state index contributed by atoms with van der Waals surface area (Å²) < 4.78 is 13.5. The van der Waals surface area contributed by atoms with Crippen molar-refractivity contribution >= 4 is 11.6 Å². The molecule has 4 heteroatoms. The predicted molar refractivity (Wildman–Crippen MR) is 58.3 cm³/mol. The average Bonchev–Trinajstić information content (AvgIpc) is 2.72. The Balaban J connectivity index is 2.36. The fourth-order valence-corrected chi connectivity index (χ4v) is 2.62. The normalized spacial score (nSPS) is 27.8. The molecular formula is C11H14ClFN2. The van der Waals surface area contributed by atoms with Crippen LogP contribution >= 0.6 is 11.6 Å². The summed E-state index contributed by atoms with van der Waals surface area (Å²) in [5, 5.41) is 0.477. The van der Waals surface area contributed by atoms with Gasteiger partial charge in [-0.3, -0.25) is 0 Å². The Hall–Kier alpha value is -0.670. The minimum Gasteiger partial charge on any atom is -0.330 e. The van der Waals surface area contributed by atoms with E-state index in [-0.39, 0.29) is 11.3 Å². The zero-order valence-corrected chi connectivity index (χ0v) is 9.55. The van der Waals surface area contributed by atoms with Gasteiger partial charge in [0.2, 0.25) is 5.95 Å². The van der Waals surface area contributed by atoms with E-state index in [4.69, 9.17) is 17.3 Å². The Morgan fingerprint density at radius 1 is 1.60 bits per heavy atom. The number of rotatable bonds is 2. The molecule has 2 N–H and O–H groups in total. The molecule has 0 amide bonds. The lowest BCUT2D eigenvalue weighted by Crippen LogP contribution is -2.05. The second-order valence-electron chi connectivity index (χ2n) is 4.67. The molecule has 1 heterocycles. The number of aromatic nitrogens is 1. The molecule has 82 valence electrons. The summed E-state index contributed by atoms with van der Waals surface area (Å²) in [7, 11) is 0. The quantitative estimate of drug-likeness (QED) is 0.791. The van der Waals surface area contributed by atoms with Gasteiger partial charge in [-0.15, -0.1) is 0 Å². The maximum absolute atomic E-state index is 13.5. The molecular weight excluding hydrogens is 215 g/mol. The number of hydrogen-bond donors (Lipinski definition) is 1. The first-order chi connectivity index (χ1) is 6.98. The third kappa shape index (κ3) is 1.64. The molecule has 0 radical (unpaired) electrons. The van der Waals surface area contributed by atoms with Crippen LogP contribution in [-0.4, -0.2) is 11.5 Å². The van der Waals surface area contributed by atoms with Crippen LogP contribution in [0.25, 0.3) is 0 Å². The molecule has 0 unspecified atom stereocenters. The summed E-state index contributed by atoms with van der Waals surface area (Å²) in [5.74, 6) is 0.0504. The van der Waals surface area contributed by atoms with E-state index < -0.39 is 5.95 Å². The van der Waals surface area contributed by atoms with Gasteiger partial charge >= 0.3 is 0 Å². The second kappa shape index (κ2) is 3.42. The highest BCUT2D eigenvalue weighted by molar-refractivity contribution is 6.30. The Labute approximate surface area is 93.6 Å². The molecule has 1 aliphatic rings. The lowest BCUT2D eigenvalue weighted by molar-refractivity contribution is 0.539. The summed E-state index contributed by atoms with van der Waals surface area (Å²) in [6, 6.07) is 1.66. The van der Waals surface area contributed by atoms with Crippen LogP contribution in [0.2, 0.25) is 5.02 Å². The fraction of sp³-hybridized carbons (Fsp3) is 0.545. The van der Waals surface area contributed by atoms with Crippen molar-refractivity contribution in [1.29, 1.82) is 0 Å². The molecule has 2 nitrogen and oxygen atoms in total. The van der Waals surface area contributed by atoms with Crippen molar-refractivity contribution in [3.05, 3.63) is 28.8 Å². The molecule has 1 aromatic rings. The highest BCUT2D eigenvalue weighted by Crippen LogP contribution is 2.64. The van der Waals surface area contributed by atoms with Crippen molar-refractivity contribution in [2.45, 2.75) is 19.8 Å². The van der Waals surface area contributed by atoms with Crippen molar-refractivity contribution in [2.24, 2.45) is 17.1 Å². The van der Waals surface area contributed by atoms with Gasteiger partial charge in [-0.2, -0.15) is 4.39 Å². The van der Waals surface area contributed by atoms with Crippen LogP contribution < -0.4 is 5.73 Å². The van der Waals surface area contributed by atoms with E-state index in [9.17, 15) is 4.39 Å². The van der Waals surface area contributed by atoms with Crippen molar-refractivity contribution < 1.29 is 4.39 Å². The first kappa shape index (κ1) is 10.8. The first-order valence-corrected chi connectivity index (χ1v) is 5.37. The van der Waals surface area contributed by atoms with Gasteiger partial charge in [-0.25, -0.2) is 4.98 Å². The van der Waals surface area contributed by atoms with Gasteiger partial charge in [0.1, 0.15) is 0 Å². The fourth-order valence-electron chi connectivity index (χ4n) is 2.46. The van der Waals surface area contributed by atoms with E-state index in [2.05, 4.69) is 18.8 Å². The van der Waals surface area contributed by atoms with Crippen LogP contribution in [-0.2, 0) is 0 Å². The number of hydrogen-bond acceptors (Lipinski definition) is 2. The molecule has 1 fully saturated rings. The van der Waals surface area contributed by atoms with Crippen LogP contribution in [0.15, 0.2) is 12.3 Å². The van der Waals surface area contributed by atoms with E-state index in [0.29, 0.717) is 23.0 Å². The SMILES string of the molecule is CC1(C)[C@@H](CN)[C@@H]1c1cc(Cl)cnc1F. The zero-order chi connectivity index (χ0) is 11.2. The smallest absolute Gasteiger partial charge is 0.216 e. The Kier molecular flexibility index (Phi) is 2.47. The van der Waals surface area contributed by atoms with Crippen molar-refractivity contribution in [2.75, 3.05) is 6.54 Å². The van der Waals surface area contributed by atoms with Crippen LogP contribution in [0.5, 0.6) is 0 Å². The van der Waals surface area contributed by atoms with Gasteiger partial charge in [-0.05, 0) is 29.9 Å². The molecule has 0 bridgehead atoms. The van der Waals surface area contributed by atoms with Crippen LogP contribution in [0, 0.1) is 17.3 Å². The predicted octanol–water partition coefficient (Wildman–Crippen LogP) is 2.57. The summed E-state index contributed by atoms with van der Waals surface area (Å²) >= 11 is 5.81. The van der Waals surface area contributed by atoms with Crippen LogP contribution in [0.4, 0.5) is 4.39 Å². The van der Waals surface area contributed by atoms with Crippen LogP contribution in [0.1, 0.15) is 25.3 Å². The highest BCUT2D eigenvalue weighted by atomic mass is 35.5. The Morgan fingerprint density at radius 2 is 2.27 bits per heavy atom. The zero-order valence-electron chi connectivity index (χ0n) is 8.80. The molecule has 1 aromatic heterocycles. The maximum atomic E-state index is 13.5. The monoisotopic (exact) mass is 228 g/mol. The molecule has 15 heavy (non-hydrogen) atoms. The Morgan fingerprint density at radius 3 is 2.80 bits per heavy atom. The maximum Gasteiger partial charge on any atom is 0.216 e. The van der Waals surface area contributed by atoms with Gasteiger partial charge in [0, 0.05) is 11.8 Å². The van der Waals surface area contributed by atoms with Crippen molar-refractivity contribution in [3.63, 3.8) is 0 Å². The van der Waals surface area contributed by atoms with E-state index >= 15 is 0 Å². The van der Waals surface area contributed by atoms with Crippen molar-refractivity contribution in [3.8, 4) is 0 Å². The first-order valence-electron chi connectivity index (χ1n) is 4.99. The van der Waals surface area contributed by atoms with Gasteiger partial charge < -0.3 is 5.73 Å². The number of halogens is 2. The molecule has 0 aromatic carbocycles. The molecule has 0 saturated heterocycles. The topological polar surface area (TPSA) is 38.9 Å². The largest absolute Gasteiger partial charge is 0.330 e. The molecule has 1 saturated carbocycles. The summed E-state index contributed by atoms with van der Waals surface area (Å²) in [5.41, 5.74) is 6.31. The standard InChI is InChI=1S/C11H14ClFN2/c1-11(2)8(4-14)9(11)7-3-6(12)5-15-10(7)13/h3,5,8-9H,4,14H2,1-2H3/t8-,9-/m0/s1. The lowest BCUT2D eigenvalue weighted by Gasteiger charge is -2.04. The molecule has 1 aliphatic carbocycles. The van der Waals surface area contributed by atoms with Crippen molar-refractivity contribution in [1.82, 2.24) is 4.98 Å². The Bertz CT molecular complexity index is 392. The summed E-state index contributed by atoms with van der Waals surface area (Å²) in [6.07, 6.45) is 1.33. The van der Waals surface area contributed by atoms with E-state index in [1.165, 1.54) is 6.20 Å². The third-order valence-corrected chi connectivity index (χ3v) is 3.68. The number of nitrogens with zero attached hydrogens (tertiary/aromatic N) is 1. The van der Waals surface area contributed by atoms with Crippen LogP contribution in [0.3, 0.4) is 0 Å². The lowest BCUT2D eigenvalue weighted by atomic mass is 10.0. The molecule has 2 atom stereocenters. The van der Waals surface area contributed by atoms with Gasteiger partial charge in [0.15, 0.2) is 0 Å². The number of nitrogens with two attached hydrogens (primary N) is 1. The second-order valence-corrected chi connectivity index (χ2v) is 5.11. The van der Waals surface area contributed by atoms with Gasteiger partial charge in [-0.1, -0.05) is 25.4 Å².